The van der Waals surface area contributed by atoms with Crippen LogP contribution < -0.4 is 20.1 Å². The van der Waals surface area contributed by atoms with Gasteiger partial charge in [0.1, 0.15) is 17.3 Å². The first-order valence-corrected chi connectivity index (χ1v) is 10.2. The first-order valence-electron chi connectivity index (χ1n) is 10.2. The summed E-state index contributed by atoms with van der Waals surface area (Å²) in [5.74, 6) is 1.95. The molecule has 0 bridgehead atoms. The third-order valence-electron chi connectivity index (χ3n) is 4.66. The molecule has 0 radical (unpaired) electrons. The number of nitrogens with one attached hydrogen (secondary N) is 2. The quantitative estimate of drug-likeness (QED) is 0.406. The van der Waals surface area contributed by atoms with Gasteiger partial charge in [-0.15, -0.1) is 0 Å². The van der Waals surface area contributed by atoms with Crippen LogP contribution in [0, 0.1) is 5.82 Å². The minimum absolute atomic E-state index is 0.261. The summed E-state index contributed by atoms with van der Waals surface area (Å²) >= 11 is 0. The van der Waals surface area contributed by atoms with Crippen molar-refractivity contribution in [2.75, 3.05) is 27.3 Å². The molecule has 3 rings (SSSR count). The van der Waals surface area contributed by atoms with E-state index in [4.69, 9.17) is 9.47 Å². The summed E-state index contributed by atoms with van der Waals surface area (Å²) in [6.45, 7) is 3.92. The Balaban J connectivity index is 1.58. The second kappa shape index (κ2) is 11.0. The fourth-order valence-electron chi connectivity index (χ4n) is 3.03. The minimum atomic E-state index is -0.261. The van der Waals surface area contributed by atoms with Gasteiger partial charge in [-0.25, -0.2) is 14.1 Å². The highest BCUT2D eigenvalue weighted by Gasteiger charge is 2.06. The average molecular weight is 426 g/mol. The number of hydrogen-bond acceptors (Lipinski definition) is 4. The second-order valence-electron chi connectivity index (χ2n) is 6.78. The number of aliphatic imine (C=N–C) groups is 1. The van der Waals surface area contributed by atoms with E-state index in [9.17, 15) is 4.39 Å². The molecule has 3 aromatic rings. The van der Waals surface area contributed by atoms with Crippen molar-refractivity contribution in [2.45, 2.75) is 19.9 Å². The predicted molar refractivity (Wildman–Crippen MR) is 120 cm³/mol. The molecule has 0 atom stereocenters. The molecule has 164 valence electrons. The van der Waals surface area contributed by atoms with E-state index in [1.807, 2.05) is 37.4 Å². The summed E-state index contributed by atoms with van der Waals surface area (Å²) in [7, 11) is 3.26. The Morgan fingerprint density at radius 2 is 1.87 bits per heavy atom. The van der Waals surface area contributed by atoms with Gasteiger partial charge in [0.25, 0.3) is 0 Å². The SMILES string of the molecule is CCNC(=NCc1ccc(OC)cc1OC)NCCc1ccn(-c2ccc(F)cc2)n1. The first-order chi connectivity index (χ1) is 15.1. The molecule has 0 saturated heterocycles. The molecule has 0 amide bonds. The molecule has 0 saturated carbocycles. The van der Waals surface area contributed by atoms with E-state index in [2.05, 4.69) is 20.7 Å². The fourth-order valence-corrected chi connectivity index (χ4v) is 3.03. The number of hydrogen-bond donors (Lipinski definition) is 2. The number of rotatable bonds is 9. The molecule has 0 unspecified atom stereocenters. The molecule has 0 aliphatic rings. The highest BCUT2D eigenvalue weighted by Crippen LogP contribution is 2.25. The summed E-state index contributed by atoms with van der Waals surface area (Å²) in [5, 5.41) is 11.1. The molecule has 0 aliphatic carbocycles. The number of nitrogens with zero attached hydrogens (tertiary/aromatic N) is 3. The first kappa shape index (κ1) is 22.1. The van der Waals surface area contributed by atoms with Gasteiger partial charge in [-0.3, -0.25) is 0 Å². The Hall–Kier alpha value is -3.55. The zero-order valence-corrected chi connectivity index (χ0v) is 18.1. The van der Waals surface area contributed by atoms with E-state index < -0.39 is 0 Å². The summed E-state index contributed by atoms with van der Waals surface area (Å²) in [6, 6.07) is 13.9. The molecule has 0 aliphatic heterocycles. The zero-order chi connectivity index (χ0) is 22.1. The van der Waals surface area contributed by atoms with Gasteiger partial charge >= 0.3 is 0 Å². The van der Waals surface area contributed by atoms with Gasteiger partial charge in [-0.1, -0.05) is 0 Å². The zero-order valence-electron chi connectivity index (χ0n) is 18.1. The number of benzene rings is 2. The van der Waals surface area contributed by atoms with Crippen molar-refractivity contribution < 1.29 is 13.9 Å². The third kappa shape index (κ3) is 6.21. The van der Waals surface area contributed by atoms with E-state index in [1.54, 1.807) is 31.0 Å². The highest BCUT2D eigenvalue weighted by molar-refractivity contribution is 5.79. The van der Waals surface area contributed by atoms with E-state index >= 15 is 0 Å². The Bertz CT molecular complexity index is 1000. The van der Waals surface area contributed by atoms with Crippen LogP contribution in [0.15, 0.2) is 59.7 Å². The lowest BCUT2D eigenvalue weighted by Gasteiger charge is -2.12. The standard InChI is InChI=1S/C23H28FN5O2/c1-4-25-23(27-16-17-5-10-21(30-2)15-22(17)31-3)26-13-11-19-12-14-29(28-19)20-8-6-18(24)7-9-20/h5-10,12,14-15H,4,11,13,16H2,1-3H3,(H2,25,26,27). The van der Waals surface area contributed by atoms with Crippen LogP contribution in [-0.2, 0) is 13.0 Å². The van der Waals surface area contributed by atoms with Crippen LogP contribution in [-0.4, -0.2) is 43.0 Å². The van der Waals surface area contributed by atoms with Gasteiger partial charge < -0.3 is 20.1 Å². The molecule has 8 heteroatoms. The van der Waals surface area contributed by atoms with Crippen LogP contribution >= 0.6 is 0 Å². The van der Waals surface area contributed by atoms with Crippen molar-refractivity contribution in [1.29, 1.82) is 0 Å². The van der Waals surface area contributed by atoms with Gasteiger partial charge in [-0.2, -0.15) is 5.10 Å². The van der Waals surface area contributed by atoms with Gasteiger partial charge in [-0.05, 0) is 49.4 Å². The van der Waals surface area contributed by atoms with Gasteiger partial charge in [0.05, 0.1) is 32.1 Å². The maximum Gasteiger partial charge on any atom is 0.191 e. The molecule has 2 aromatic carbocycles. The number of aromatic nitrogens is 2. The lowest BCUT2D eigenvalue weighted by molar-refractivity contribution is 0.391. The van der Waals surface area contributed by atoms with Crippen LogP contribution in [0.2, 0.25) is 0 Å². The van der Waals surface area contributed by atoms with Crippen LogP contribution in [0.5, 0.6) is 11.5 Å². The highest BCUT2D eigenvalue weighted by atomic mass is 19.1. The number of methoxy groups -OCH3 is 2. The van der Waals surface area contributed by atoms with Crippen molar-refractivity contribution in [2.24, 2.45) is 4.99 Å². The summed E-state index contributed by atoms with van der Waals surface area (Å²) in [6.07, 6.45) is 2.60. The smallest absolute Gasteiger partial charge is 0.191 e. The van der Waals surface area contributed by atoms with Crippen LogP contribution in [0.3, 0.4) is 0 Å². The second-order valence-corrected chi connectivity index (χ2v) is 6.78. The van der Waals surface area contributed by atoms with E-state index in [-0.39, 0.29) is 5.82 Å². The normalized spacial score (nSPS) is 11.3. The Kier molecular flexibility index (Phi) is 7.86. The average Bonchev–Trinajstić information content (AvgIpc) is 3.26. The molecule has 1 aromatic heterocycles. The van der Waals surface area contributed by atoms with Crippen LogP contribution in [0.4, 0.5) is 4.39 Å². The fraction of sp³-hybridized carbons (Fsp3) is 0.304. The van der Waals surface area contributed by atoms with Gasteiger partial charge in [0.2, 0.25) is 0 Å². The van der Waals surface area contributed by atoms with E-state index in [0.29, 0.717) is 13.1 Å². The predicted octanol–water partition coefficient (Wildman–Crippen LogP) is 3.33. The van der Waals surface area contributed by atoms with Crippen molar-refractivity contribution in [3.8, 4) is 17.2 Å². The van der Waals surface area contributed by atoms with Crippen molar-refractivity contribution in [3.63, 3.8) is 0 Å². The largest absolute Gasteiger partial charge is 0.497 e. The molecule has 31 heavy (non-hydrogen) atoms. The Labute approximate surface area is 181 Å². The summed E-state index contributed by atoms with van der Waals surface area (Å²) in [5.41, 5.74) is 2.73. The van der Waals surface area contributed by atoms with Crippen LogP contribution in [0.1, 0.15) is 18.2 Å². The molecule has 2 N–H and O–H groups in total. The molecule has 7 nitrogen and oxygen atoms in total. The lowest BCUT2D eigenvalue weighted by atomic mass is 10.2. The molecular formula is C23H28FN5O2. The molecule has 0 spiro atoms. The number of ether oxygens (including phenoxy) is 2. The molecular weight excluding hydrogens is 397 g/mol. The lowest BCUT2D eigenvalue weighted by Crippen LogP contribution is -2.38. The maximum atomic E-state index is 13.1. The summed E-state index contributed by atoms with van der Waals surface area (Å²) in [4.78, 5) is 4.65. The molecule has 1 heterocycles. The van der Waals surface area contributed by atoms with Crippen LogP contribution in [0.25, 0.3) is 5.69 Å². The number of guanidine groups is 1. The molecule has 0 fully saturated rings. The monoisotopic (exact) mass is 425 g/mol. The number of halogens is 1. The van der Waals surface area contributed by atoms with Gasteiger partial charge in [0.15, 0.2) is 5.96 Å². The van der Waals surface area contributed by atoms with Crippen molar-refractivity contribution in [3.05, 3.63) is 71.8 Å². The van der Waals surface area contributed by atoms with Crippen molar-refractivity contribution in [1.82, 2.24) is 20.4 Å². The maximum absolute atomic E-state index is 13.1. The minimum Gasteiger partial charge on any atom is -0.497 e. The third-order valence-corrected chi connectivity index (χ3v) is 4.66. The Morgan fingerprint density at radius 3 is 2.58 bits per heavy atom. The van der Waals surface area contributed by atoms with E-state index in [0.717, 1.165) is 47.4 Å². The van der Waals surface area contributed by atoms with Gasteiger partial charge in [0, 0.05) is 37.3 Å². The Morgan fingerprint density at radius 1 is 1.06 bits per heavy atom. The van der Waals surface area contributed by atoms with E-state index in [1.165, 1.54) is 12.1 Å². The van der Waals surface area contributed by atoms with Crippen molar-refractivity contribution >= 4 is 5.96 Å². The topological polar surface area (TPSA) is 72.7 Å². The summed E-state index contributed by atoms with van der Waals surface area (Å²) < 4.78 is 25.5.